The van der Waals surface area contributed by atoms with Crippen LogP contribution in [0, 0.1) is 0 Å². The first kappa shape index (κ1) is 12.1. The molecule has 1 atom stereocenters. The Balaban J connectivity index is 1.49. The summed E-state index contributed by atoms with van der Waals surface area (Å²) in [5.41, 5.74) is 1.13. The zero-order valence-corrected chi connectivity index (χ0v) is 11.0. The van der Waals surface area contributed by atoms with Crippen LogP contribution in [-0.4, -0.2) is 36.7 Å². The van der Waals surface area contributed by atoms with Gasteiger partial charge in [-0.3, -0.25) is 4.79 Å². The molecule has 5 nitrogen and oxygen atoms in total. The van der Waals surface area contributed by atoms with Crippen LogP contribution >= 0.6 is 11.3 Å². The van der Waals surface area contributed by atoms with Gasteiger partial charge in [0, 0.05) is 24.4 Å². The van der Waals surface area contributed by atoms with E-state index in [1.165, 1.54) is 24.2 Å². The van der Waals surface area contributed by atoms with E-state index >= 15 is 0 Å². The average molecular weight is 267 g/mol. The molecule has 1 aliphatic carbocycles. The number of amides is 1. The van der Waals surface area contributed by atoms with Crippen molar-refractivity contribution < 1.29 is 9.53 Å². The van der Waals surface area contributed by atoms with E-state index in [2.05, 4.69) is 15.6 Å². The second-order valence-electron chi connectivity index (χ2n) is 4.80. The van der Waals surface area contributed by atoms with Crippen molar-refractivity contribution >= 4 is 22.4 Å². The second-order valence-corrected chi connectivity index (χ2v) is 5.66. The number of nitrogens with zero attached hydrogens (tertiary/aromatic N) is 1. The van der Waals surface area contributed by atoms with Crippen molar-refractivity contribution in [3.05, 3.63) is 11.1 Å². The van der Waals surface area contributed by atoms with Gasteiger partial charge in [0.25, 0.3) is 0 Å². The number of carbonyl (C=O) groups excluding carboxylic acids is 1. The normalized spacial score (nSPS) is 23.9. The first-order chi connectivity index (χ1) is 8.81. The van der Waals surface area contributed by atoms with E-state index in [0.29, 0.717) is 24.1 Å². The Labute approximate surface area is 110 Å². The molecule has 1 aliphatic heterocycles. The molecule has 2 aliphatic rings. The Morgan fingerprint density at radius 2 is 2.50 bits per heavy atom. The average Bonchev–Trinajstić information content (AvgIpc) is 3.12. The molecule has 1 saturated heterocycles. The Hall–Kier alpha value is -0.980. The van der Waals surface area contributed by atoms with Gasteiger partial charge in [0.2, 0.25) is 5.91 Å². The maximum Gasteiger partial charge on any atom is 0.228 e. The fourth-order valence-corrected chi connectivity index (χ4v) is 2.85. The van der Waals surface area contributed by atoms with Crippen molar-refractivity contribution in [2.75, 3.05) is 25.0 Å². The first-order valence-corrected chi connectivity index (χ1v) is 7.27. The number of thiazole rings is 1. The van der Waals surface area contributed by atoms with Crippen LogP contribution in [0.4, 0.5) is 5.13 Å². The molecule has 2 fully saturated rings. The molecular formula is C12H17N3O2S. The van der Waals surface area contributed by atoms with Crippen molar-refractivity contribution in [2.24, 2.45) is 0 Å². The third-order valence-electron chi connectivity index (χ3n) is 3.18. The van der Waals surface area contributed by atoms with E-state index in [-0.39, 0.29) is 12.0 Å². The summed E-state index contributed by atoms with van der Waals surface area (Å²) in [5.74, 6) is 0.623. The molecule has 1 aromatic heterocycles. The minimum atomic E-state index is -0.0135. The van der Waals surface area contributed by atoms with Crippen LogP contribution in [0.3, 0.4) is 0 Å². The topological polar surface area (TPSA) is 63.2 Å². The highest BCUT2D eigenvalue weighted by Gasteiger charge is 2.26. The molecule has 2 N–H and O–H groups in total. The Morgan fingerprint density at radius 3 is 3.22 bits per heavy atom. The number of ether oxygens (including phenoxy) is 1. The van der Waals surface area contributed by atoms with E-state index < -0.39 is 0 Å². The van der Waals surface area contributed by atoms with Crippen LogP contribution in [0.1, 0.15) is 30.9 Å². The Morgan fingerprint density at radius 1 is 1.61 bits per heavy atom. The monoisotopic (exact) mass is 267 g/mol. The van der Waals surface area contributed by atoms with Gasteiger partial charge in [-0.25, -0.2) is 4.98 Å². The zero-order chi connectivity index (χ0) is 12.4. The summed E-state index contributed by atoms with van der Waals surface area (Å²) in [5, 5.41) is 8.83. The van der Waals surface area contributed by atoms with E-state index in [4.69, 9.17) is 4.74 Å². The lowest BCUT2D eigenvalue weighted by molar-refractivity contribution is -0.119. The van der Waals surface area contributed by atoms with Crippen molar-refractivity contribution in [1.82, 2.24) is 10.3 Å². The van der Waals surface area contributed by atoms with Crippen LogP contribution in [0.5, 0.6) is 0 Å². The van der Waals surface area contributed by atoms with Gasteiger partial charge < -0.3 is 15.4 Å². The highest BCUT2D eigenvalue weighted by molar-refractivity contribution is 7.13. The van der Waals surface area contributed by atoms with Crippen LogP contribution < -0.4 is 10.6 Å². The lowest BCUT2D eigenvalue weighted by atomic mass is 10.2. The molecule has 1 aromatic rings. The number of carbonyl (C=O) groups is 1. The van der Waals surface area contributed by atoms with Crippen LogP contribution in [0.15, 0.2) is 5.38 Å². The van der Waals surface area contributed by atoms with Gasteiger partial charge in [-0.05, 0) is 12.8 Å². The predicted molar refractivity (Wildman–Crippen MR) is 69.9 cm³/mol. The summed E-state index contributed by atoms with van der Waals surface area (Å²) >= 11 is 1.51. The molecule has 98 valence electrons. The molecule has 3 rings (SSSR count). The zero-order valence-electron chi connectivity index (χ0n) is 10.1. The number of anilines is 1. The molecule has 6 heteroatoms. The van der Waals surface area contributed by atoms with Crippen molar-refractivity contribution in [1.29, 1.82) is 0 Å². The molecule has 1 saturated carbocycles. The van der Waals surface area contributed by atoms with E-state index in [1.54, 1.807) is 0 Å². The molecule has 2 heterocycles. The largest absolute Gasteiger partial charge is 0.375 e. The number of nitrogens with one attached hydrogen (secondary N) is 2. The maximum absolute atomic E-state index is 11.8. The van der Waals surface area contributed by atoms with E-state index in [9.17, 15) is 4.79 Å². The number of hydrogen-bond acceptors (Lipinski definition) is 5. The number of aromatic nitrogens is 1. The molecule has 1 amide bonds. The SMILES string of the molecule is O=C(CC1CNCCO1)Nc1nc(C2CC2)cs1. The third-order valence-corrected chi connectivity index (χ3v) is 3.96. The van der Waals surface area contributed by atoms with Gasteiger partial charge >= 0.3 is 0 Å². The molecule has 0 aromatic carbocycles. The minimum absolute atomic E-state index is 0.0124. The predicted octanol–water partition coefficient (Wildman–Crippen LogP) is 1.34. The molecule has 0 radical (unpaired) electrons. The number of morpholine rings is 1. The van der Waals surface area contributed by atoms with Gasteiger partial charge in [0.05, 0.1) is 24.8 Å². The summed E-state index contributed by atoms with van der Waals surface area (Å²) in [6.07, 6.45) is 2.85. The number of hydrogen-bond donors (Lipinski definition) is 2. The Kier molecular flexibility index (Phi) is 3.58. The smallest absolute Gasteiger partial charge is 0.228 e. The lowest BCUT2D eigenvalue weighted by Gasteiger charge is -2.22. The Bertz CT molecular complexity index is 425. The van der Waals surface area contributed by atoms with Gasteiger partial charge in [0.15, 0.2) is 5.13 Å². The highest BCUT2D eigenvalue weighted by Crippen LogP contribution is 2.40. The van der Waals surface area contributed by atoms with Crippen LogP contribution in [0.25, 0.3) is 0 Å². The summed E-state index contributed by atoms with van der Waals surface area (Å²) < 4.78 is 5.50. The van der Waals surface area contributed by atoms with Gasteiger partial charge in [0.1, 0.15) is 0 Å². The van der Waals surface area contributed by atoms with Crippen molar-refractivity contribution in [3.63, 3.8) is 0 Å². The second kappa shape index (κ2) is 5.34. The summed E-state index contributed by atoms with van der Waals surface area (Å²) in [7, 11) is 0. The van der Waals surface area contributed by atoms with E-state index in [0.717, 1.165) is 18.8 Å². The highest BCUT2D eigenvalue weighted by atomic mass is 32.1. The summed E-state index contributed by atoms with van der Waals surface area (Å²) in [4.78, 5) is 16.3. The quantitative estimate of drug-likeness (QED) is 0.864. The van der Waals surface area contributed by atoms with Crippen LogP contribution in [0.2, 0.25) is 0 Å². The molecule has 1 unspecified atom stereocenters. The van der Waals surface area contributed by atoms with Crippen LogP contribution in [-0.2, 0) is 9.53 Å². The standard InChI is InChI=1S/C12H17N3O2S/c16-11(5-9-6-13-3-4-17-9)15-12-14-10(7-18-12)8-1-2-8/h7-9,13H,1-6H2,(H,14,15,16). The molecule has 0 spiro atoms. The lowest BCUT2D eigenvalue weighted by Crippen LogP contribution is -2.40. The summed E-state index contributed by atoms with van der Waals surface area (Å²) in [6, 6.07) is 0. The van der Waals surface area contributed by atoms with Gasteiger partial charge in [-0.15, -0.1) is 11.3 Å². The van der Waals surface area contributed by atoms with E-state index in [1.807, 2.05) is 5.38 Å². The summed E-state index contributed by atoms with van der Waals surface area (Å²) in [6.45, 7) is 2.30. The van der Waals surface area contributed by atoms with Gasteiger partial charge in [-0.2, -0.15) is 0 Å². The van der Waals surface area contributed by atoms with Crippen molar-refractivity contribution in [3.8, 4) is 0 Å². The maximum atomic E-state index is 11.8. The van der Waals surface area contributed by atoms with Crippen molar-refractivity contribution in [2.45, 2.75) is 31.3 Å². The minimum Gasteiger partial charge on any atom is -0.375 e. The fourth-order valence-electron chi connectivity index (χ4n) is 2.04. The first-order valence-electron chi connectivity index (χ1n) is 6.39. The molecular weight excluding hydrogens is 250 g/mol. The fraction of sp³-hybridized carbons (Fsp3) is 0.667. The van der Waals surface area contributed by atoms with Gasteiger partial charge in [-0.1, -0.05) is 0 Å². The third kappa shape index (κ3) is 3.07. The molecule has 18 heavy (non-hydrogen) atoms. The molecule has 0 bridgehead atoms. The number of rotatable bonds is 4.